The molecule has 5 nitrogen and oxygen atoms in total. The van der Waals surface area contributed by atoms with Gasteiger partial charge in [0.2, 0.25) is 0 Å². The quantitative estimate of drug-likeness (QED) is 0.686. The van der Waals surface area contributed by atoms with Crippen molar-refractivity contribution in [2.75, 3.05) is 18.4 Å². The second-order valence-corrected chi connectivity index (χ2v) is 8.09. The molecule has 0 atom stereocenters. The van der Waals surface area contributed by atoms with Gasteiger partial charge in [-0.3, -0.25) is 4.79 Å². The van der Waals surface area contributed by atoms with E-state index in [0.29, 0.717) is 16.4 Å². The third-order valence-electron chi connectivity index (χ3n) is 4.49. The maximum Gasteiger partial charge on any atom is 0.255 e. The van der Waals surface area contributed by atoms with Crippen molar-refractivity contribution in [2.45, 2.75) is 26.2 Å². The molecule has 3 aromatic rings. The number of carbonyl (C=O) groups is 1. The molecule has 0 saturated carbocycles. The molecular weight excluding hydrogens is 368 g/mol. The van der Waals surface area contributed by atoms with Crippen LogP contribution in [-0.4, -0.2) is 33.9 Å². The third-order valence-corrected chi connectivity index (χ3v) is 5.71. The Labute approximate surface area is 161 Å². The van der Waals surface area contributed by atoms with Crippen LogP contribution in [0.3, 0.4) is 0 Å². The standard InChI is InChI=1S/C19H19ClN4OS/c1-12-22-16-6-5-14(10-17(16)26-12)23-18-15(20)9-13(11-21-18)19(25)24-7-3-2-4-8-24/h5-6,9-11H,2-4,7-8H2,1H3,(H,21,23). The SMILES string of the molecule is Cc1nc2ccc(Nc3ncc(C(=O)N4CCCCC4)cc3Cl)cc2s1. The lowest BCUT2D eigenvalue weighted by Crippen LogP contribution is -2.35. The van der Waals surface area contributed by atoms with E-state index >= 15 is 0 Å². The molecule has 0 unspecified atom stereocenters. The van der Waals surface area contributed by atoms with Gasteiger partial charge in [0.1, 0.15) is 5.82 Å². The maximum atomic E-state index is 12.6. The summed E-state index contributed by atoms with van der Waals surface area (Å²) in [5.74, 6) is 0.551. The van der Waals surface area contributed by atoms with Crippen LogP contribution in [0.5, 0.6) is 0 Å². The smallest absolute Gasteiger partial charge is 0.255 e. The number of anilines is 2. The molecule has 0 aliphatic carbocycles. The molecule has 4 rings (SSSR count). The highest BCUT2D eigenvalue weighted by molar-refractivity contribution is 7.18. The zero-order valence-electron chi connectivity index (χ0n) is 14.5. The molecule has 0 spiro atoms. The molecule has 26 heavy (non-hydrogen) atoms. The minimum absolute atomic E-state index is 0.00667. The second kappa shape index (κ2) is 7.21. The first-order valence-corrected chi connectivity index (χ1v) is 9.88. The van der Waals surface area contributed by atoms with Gasteiger partial charge >= 0.3 is 0 Å². The molecular formula is C19H19ClN4OS. The third kappa shape index (κ3) is 3.52. The van der Waals surface area contributed by atoms with E-state index in [-0.39, 0.29) is 5.91 Å². The van der Waals surface area contributed by atoms with Gasteiger partial charge in [0.25, 0.3) is 5.91 Å². The average molecular weight is 387 g/mol. The first-order chi connectivity index (χ1) is 12.6. The normalized spacial score (nSPS) is 14.6. The first-order valence-electron chi connectivity index (χ1n) is 8.69. The van der Waals surface area contributed by atoms with Gasteiger partial charge in [0, 0.05) is 25.0 Å². The van der Waals surface area contributed by atoms with Crippen molar-refractivity contribution in [3.05, 3.63) is 46.1 Å². The molecule has 1 amide bonds. The number of fused-ring (bicyclic) bond motifs is 1. The molecule has 0 bridgehead atoms. The summed E-state index contributed by atoms with van der Waals surface area (Å²) in [6.45, 7) is 3.61. The molecule has 3 heterocycles. The number of rotatable bonds is 3. The number of carbonyl (C=O) groups excluding carboxylic acids is 1. The Hall–Kier alpha value is -2.18. The summed E-state index contributed by atoms with van der Waals surface area (Å²) in [7, 11) is 0. The molecule has 1 N–H and O–H groups in total. The van der Waals surface area contributed by atoms with Crippen molar-refractivity contribution in [2.24, 2.45) is 0 Å². The number of amides is 1. The van der Waals surface area contributed by atoms with Crippen LogP contribution < -0.4 is 5.32 Å². The summed E-state index contributed by atoms with van der Waals surface area (Å²) in [6, 6.07) is 7.66. The van der Waals surface area contributed by atoms with Crippen molar-refractivity contribution in [1.29, 1.82) is 0 Å². The zero-order valence-corrected chi connectivity index (χ0v) is 16.0. The number of nitrogens with zero attached hydrogens (tertiary/aromatic N) is 3. The van der Waals surface area contributed by atoms with Crippen molar-refractivity contribution < 1.29 is 4.79 Å². The van der Waals surface area contributed by atoms with Crippen molar-refractivity contribution in [3.8, 4) is 0 Å². The Kier molecular flexibility index (Phi) is 4.78. The minimum atomic E-state index is 0.00667. The van der Waals surface area contributed by atoms with E-state index in [9.17, 15) is 4.79 Å². The molecule has 0 radical (unpaired) electrons. The molecule has 1 aliphatic heterocycles. The molecule has 1 aromatic carbocycles. The lowest BCUT2D eigenvalue weighted by atomic mass is 10.1. The lowest BCUT2D eigenvalue weighted by molar-refractivity contribution is 0.0724. The Morgan fingerprint density at radius 3 is 2.81 bits per heavy atom. The summed E-state index contributed by atoms with van der Waals surface area (Å²) in [4.78, 5) is 23.3. The Morgan fingerprint density at radius 1 is 1.23 bits per heavy atom. The summed E-state index contributed by atoms with van der Waals surface area (Å²) in [5, 5.41) is 4.70. The highest BCUT2D eigenvalue weighted by Crippen LogP contribution is 2.29. The molecule has 134 valence electrons. The van der Waals surface area contributed by atoms with E-state index in [1.807, 2.05) is 30.0 Å². The minimum Gasteiger partial charge on any atom is -0.339 e. The van der Waals surface area contributed by atoms with Crippen LogP contribution in [0.1, 0.15) is 34.6 Å². The molecule has 7 heteroatoms. The number of halogens is 1. The van der Waals surface area contributed by atoms with Gasteiger partial charge in [-0.15, -0.1) is 11.3 Å². The summed E-state index contributed by atoms with van der Waals surface area (Å²) in [6.07, 6.45) is 4.91. The first kappa shape index (κ1) is 17.2. The van der Waals surface area contributed by atoms with Crippen molar-refractivity contribution in [3.63, 3.8) is 0 Å². The van der Waals surface area contributed by atoms with Gasteiger partial charge in [0.05, 0.1) is 25.8 Å². The summed E-state index contributed by atoms with van der Waals surface area (Å²) >= 11 is 8.03. The van der Waals surface area contributed by atoms with E-state index in [2.05, 4.69) is 15.3 Å². The largest absolute Gasteiger partial charge is 0.339 e. The number of pyridine rings is 1. The van der Waals surface area contributed by atoms with Crippen LogP contribution in [0.4, 0.5) is 11.5 Å². The fraction of sp³-hybridized carbons (Fsp3) is 0.316. The van der Waals surface area contributed by atoms with Crippen molar-refractivity contribution in [1.82, 2.24) is 14.9 Å². The lowest BCUT2D eigenvalue weighted by Gasteiger charge is -2.26. The Bertz CT molecular complexity index is 965. The van der Waals surface area contributed by atoms with Crippen LogP contribution in [0.15, 0.2) is 30.5 Å². The topological polar surface area (TPSA) is 58.1 Å². The van der Waals surface area contributed by atoms with E-state index in [4.69, 9.17) is 11.6 Å². The van der Waals surface area contributed by atoms with E-state index < -0.39 is 0 Å². The van der Waals surface area contributed by atoms with Gasteiger partial charge in [-0.25, -0.2) is 9.97 Å². The van der Waals surface area contributed by atoms with E-state index in [1.54, 1.807) is 23.6 Å². The number of benzene rings is 1. The number of likely N-dealkylation sites (tertiary alicyclic amines) is 1. The summed E-state index contributed by atoms with van der Waals surface area (Å²) in [5.41, 5.74) is 2.42. The van der Waals surface area contributed by atoms with Gasteiger partial charge in [-0.05, 0) is 50.5 Å². The van der Waals surface area contributed by atoms with Crippen molar-refractivity contribution >= 4 is 50.6 Å². The predicted octanol–water partition coefficient (Wildman–Crippen LogP) is 5.02. The van der Waals surface area contributed by atoms with Crippen LogP contribution in [0.25, 0.3) is 10.2 Å². The van der Waals surface area contributed by atoms with E-state index in [1.165, 1.54) is 6.42 Å². The molecule has 2 aromatic heterocycles. The highest BCUT2D eigenvalue weighted by Gasteiger charge is 2.19. The Balaban J connectivity index is 1.54. The Morgan fingerprint density at radius 2 is 2.04 bits per heavy atom. The van der Waals surface area contributed by atoms with Gasteiger partial charge in [0.15, 0.2) is 0 Å². The second-order valence-electron chi connectivity index (χ2n) is 6.45. The fourth-order valence-electron chi connectivity index (χ4n) is 3.18. The number of aromatic nitrogens is 2. The van der Waals surface area contributed by atoms with Crippen LogP contribution in [0.2, 0.25) is 5.02 Å². The predicted molar refractivity (Wildman–Crippen MR) is 107 cm³/mol. The maximum absolute atomic E-state index is 12.6. The number of aryl methyl sites for hydroxylation is 1. The van der Waals surface area contributed by atoms with Crippen LogP contribution >= 0.6 is 22.9 Å². The number of piperidine rings is 1. The number of hydrogen-bond donors (Lipinski definition) is 1. The number of hydrogen-bond acceptors (Lipinski definition) is 5. The molecule has 1 saturated heterocycles. The number of nitrogens with one attached hydrogen (secondary N) is 1. The molecule has 1 fully saturated rings. The van der Waals surface area contributed by atoms with E-state index in [0.717, 1.165) is 46.8 Å². The van der Waals surface area contributed by atoms with Crippen LogP contribution in [-0.2, 0) is 0 Å². The average Bonchev–Trinajstić information content (AvgIpc) is 3.03. The van der Waals surface area contributed by atoms with Gasteiger partial charge in [-0.2, -0.15) is 0 Å². The highest BCUT2D eigenvalue weighted by atomic mass is 35.5. The summed E-state index contributed by atoms with van der Waals surface area (Å²) < 4.78 is 1.11. The monoisotopic (exact) mass is 386 g/mol. The zero-order chi connectivity index (χ0) is 18.1. The fourth-order valence-corrected chi connectivity index (χ4v) is 4.26. The number of thiazole rings is 1. The van der Waals surface area contributed by atoms with Gasteiger partial charge in [-0.1, -0.05) is 11.6 Å². The van der Waals surface area contributed by atoms with Gasteiger partial charge < -0.3 is 10.2 Å². The van der Waals surface area contributed by atoms with Crippen LogP contribution in [0, 0.1) is 6.92 Å². The molecule has 1 aliphatic rings.